The Morgan fingerprint density at radius 2 is 2.09 bits per heavy atom. The van der Waals surface area contributed by atoms with E-state index in [-0.39, 0.29) is 18.4 Å². The average Bonchev–Trinajstić information content (AvgIpc) is 3.02. The number of aliphatic hydroxyl groups excluding tert-OH is 1. The minimum atomic E-state index is -0.0249. The Morgan fingerprint density at radius 1 is 1.32 bits per heavy atom. The number of carbonyl (C=O) groups is 1. The summed E-state index contributed by atoms with van der Waals surface area (Å²) in [4.78, 5) is 11.6. The topological polar surface area (TPSA) is 88.2 Å². The van der Waals surface area contributed by atoms with Crippen LogP contribution in [0.15, 0.2) is 34.7 Å². The zero-order chi connectivity index (χ0) is 15.8. The van der Waals surface area contributed by atoms with Crippen LogP contribution in [0.2, 0.25) is 0 Å². The first-order valence-electron chi connectivity index (χ1n) is 7.44. The molecule has 1 aromatic carbocycles. The standard InChI is InChI=1S/C16H21N3O3/c1-12(11-20)10-17-14(21)8-5-9-15-18-19-16(22-15)13-6-3-2-4-7-13/h2-4,6-7,12,20H,5,8-11H2,1H3,(H,17,21). The summed E-state index contributed by atoms with van der Waals surface area (Å²) < 4.78 is 5.58. The summed E-state index contributed by atoms with van der Waals surface area (Å²) in [7, 11) is 0. The molecule has 1 atom stereocenters. The molecule has 2 rings (SSSR count). The zero-order valence-corrected chi connectivity index (χ0v) is 12.7. The number of carbonyl (C=O) groups excluding carboxylic acids is 1. The summed E-state index contributed by atoms with van der Waals surface area (Å²) in [6.07, 6.45) is 1.62. The van der Waals surface area contributed by atoms with E-state index >= 15 is 0 Å². The number of aliphatic hydroxyl groups is 1. The Kier molecular flexibility index (Phi) is 6.09. The summed E-state index contributed by atoms with van der Waals surface area (Å²) >= 11 is 0. The maximum atomic E-state index is 11.6. The molecule has 1 amide bonds. The van der Waals surface area contributed by atoms with Crippen molar-refractivity contribution in [2.75, 3.05) is 13.2 Å². The molecule has 0 fully saturated rings. The van der Waals surface area contributed by atoms with Gasteiger partial charge in [-0.1, -0.05) is 25.1 Å². The molecule has 0 saturated heterocycles. The van der Waals surface area contributed by atoms with Gasteiger partial charge in [-0.15, -0.1) is 10.2 Å². The van der Waals surface area contributed by atoms with Crippen molar-refractivity contribution in [1.82, 2.24) is 15.5 Å². The molecule has 1 heterocycles. The molecular formula is C16H21N3O3. The molecule has 0 aliphatic rings. The van der Waals surface area contributed by atoms with Gasteiger partial charge in [0.15, 0.2) is 0 Å². The van der Waals surface area contributed by atoms with Gasteiger partial charge < -0.3 is 14.8 Å². The zero-order valence-electron chi connectivity index (χ0n) is 12.7. The lowest BCUT2D eigenvalue weighted by Crippen LogP contribution is -2.29. The highest BCUT2D eigenvalue weighted by molar-refractivity contribution is 5.75. The third kappa shape index (κ3) is 4.96. The van der Waals surface area contributed by atoms with Crippen molar-refractivity contribution in [3.05, 3.63) is 36.2 Å². The number of amides is 1. The first-order valence-corrected chi connectivity index (χ1v) is 7.44. The Bertz CT molecular complexity index is 583. The van der Waals surface area contributed by atoms with Crippen LogP contribution in [0.25, 0.3) is 11.5 Å². The van der Waals surface area contributed by atoms with Gasteiger partial charge in [0.1, 0.15) is 0 Å². The molecule has 0 radical (unpaired) electrons. The molecule has 2 N–H and O–H groups in total. The van der Waals surface area contributed by atoms with Crippen LogP contribution in [0.1, 0.15) is 25.7 Å². The molecule has 0 bridgehead atoms. The van der Waals surface area contributed by atoms with Gasteiger partial charge in [-0.3, -0.25) is 4.79 Å². The average molecular weight is 303 g/mol. The third-order valence-electron chi connectivity index (χ3n) is 3.24. The van der Waals surface area contributed by atoms with Crippen LogP contribution in [0.3, 0.4) is 0 Å². The number of nitrogens with zero attached hydrogens (tertiary/aromatic N) is 2. The van der Waals surface area contributed by atoms with Gasteiger partial charge in [-0.05, 0) is 24.5 Å². The maximum Gasteiger partial charge on any atom is 0.247 e. The molecule has 0 saturated carbocycles. The number of nitrogens with one attached hydrogen (secondary N) is 1. The van der Waals surface area contributed by atoms with Crippen LogP contribution >= 0.6 is 0 Å². The fourth-order valence-electron chi connectivity index (χ4n) is 1.89. The van der Waals surface area contributed by atoms with Crippen LogP contribution in [0, 0.1) is 5.92 Å². The quantitative estimate of drug-likeness (QED) is 0.776. The normalized spacial score (nSPS) is 12.1. The van der Waals surface area contributed by atoms with Crippen LogP contribution < -0.4 is 5.32 Å². The highest BCUT2D eigenvalue weighted by Gasteiger charge is 2.09. The smallest absolute Gasteiger partial charge is 0.247 e. The number of aromatic nitrogens is 2. The minimum absolute atomic E-state index is 0.0249. The van der Waals surface area contributed by atoms with Crippen molar-refractivity contribution in [2.24, 2.45) is 5.92 Å². The van der Waals surface area contributed by atoms with Crippen molar-refractivity contribution < 1.29 is 14.3 Å². The number of hydrogen-bond donors (Lipinski definition) is 2. The molecule has 0 aliphatic heterocycles. The third-order valence-corrected chi connectivity index (χ3v) is 3.24. The van der Waals surface area contributed by atoms with E-state index in [0.29, 0.717) is 37.6 Å². The van der Waals surface area contributed by atoms with Crippen molar-refractivity contribution in [1.29, 1.82) is 0 Å². The number of aryl methyl sites for hydroxylation is 1. The number of rotatable bonds is 8. The van der Waals surface area contributed by atoms with E-state index in [1.165, 1.54) is 0 Å². The van der Waals surface area contributed by atoms with Gasteiger partial charge >= 0.3 is 0 Å². The second kappa shape index (κ2) is 8.29. The molecule has 1 aromatic heterocycles. The second-order valence-corrected chi connectivity index (χ2v) is 5.31. The summed E-state index contributed by atoms with van der Waals surface area (Å²) in [6, 6.07) is 9.57. The molecule has 2 aromatic rings. The van der Waals surface area contributed by atoms with E-state index in [2.05, 4.69) is 15.5 Å². The predicted molar refractivity (Wildman–Crippen MR) is 81.9 cm³/mol. The summed E-state index contributed by atoms with van der Waals surface area (Å²) in [5, 5.41) is 19.7. The Morgan fingerprint density at radius 3 is 2.82 bits per heavy atom. The van der Waals surface area contributed by atoms with E-state index in [0.717, 1.165) is 5.56 Å². The molecule has 1 unspecified atom stereocenters. The van der Waals surface area contributed by atoms with Crippen molar-refractivity contribution in [2.45, 2.75) is 26.2 Å². The molecule has 0 aliphatic carbocycles. The van der Waals surface area contributed by atoms with Crippen molar-refractivity contribution in [3.8, 4) is 11.5 Å². The summed E-state index contributed by atoms with van der Waals surface area (Å²) in [6.45, 7) is 2.45. The Hall–Kier alpha value is -2.21. The van der Waals surface area contributed by atoms with E-state index in [1.807, 2.05) is 37.3 Å². The Labute approximate surface area is 129 Å². The van der Waals surface area contributed by atoms with Gasteiger partial charge in [0.05, 0.1) is 0 Å². The predicted octanol–water partition coefficient (Wildman–Crippen LogP) is 1.80. The number of benzene rings is 1. The lowest BCUT2D eigenvalue weighted by Gasteiger charge is -2.08. The lowest BCUT2D eigenvalue weighted by atomic mass is 10.2. The summed E-state index contributed by atoms with van der Waals surface area (Å²) in [5.41, 5.74) is 0.886. The van der Waals surface area contributed by atoms with Gasteiger partial charge in [0.2, 0.25) is 17.7 Å². The lowest BCUT2D eigenvalue weighted by molar-refractivity contribution is -0.121. The van der Waals surface area contributed by atoms with Gasteiger partial charge in [0, 0.05) is 31.6 Å². The number of hydrogen-bond acceptors (Lipinski definition) is 5. The van der Waals surface area contributed by atoms with E-state index in [9.17, 15) is 4.79 Å². The maximum absolute atomic E-state index is 11.6. The molecule has 22 heavy (non-hydrogen) atoms. The highest BCUT2D eigenvalue weighted by atomic mass is 16.4. The molecule has 118 valence electrons. The van der Waals surface area contributed by atoms with Crippen LogP contribution in [0.5, 0.6) is 0 Å². The molecular weight excluding hydrogens is 282 g/mol. The van der Waals surface area contributed by atoms with Crippen LogP contribution in [0.4, 0.5) is 0 Å². The summed E-state index contributed by atoms with van der Waals surface area (Å²) in [5.74, 6) is 1.09. The Balaban J connectivity index is 1.74. The first-order chi connectivity index (χ1) is 10.7. The second-order valence-electron chi connectivity index (χ2n) is 5.31. The van der Waals surface area contributed by atoms with Gasteiger partial charge in [-0.2, -0.15) is 0 Å². The largest absolute Gasteiger partial charge is 0.421 e. The van der Waals surface area contributed by atoms with E-state index in [1.54, 1.807) is 0 Å². The van der Waals surface area contributed by atoms with Crippen molar-refractivity contribution in [3.63, 3.8) is 0 Å². The molecule has 6 heteroatoms. The van der Waals surface area contributed by atoms with E-state index in [4.69, 9.17) is 9.52 Å². The molecule has 0 spiro atoms. The highest BCUT2D eigenvalue weighted by Crippen LogP contribution is 2.17. The van der Waals surface area contributed by atoms with E-state index < -0.39 is 0 Å². The van der Waals surface area contributed by atoms with Crippen molar-refractivity contribution >= 4 is 5.91 Å². The monoisotopic (exact) mass is 303 g/mol. The minimum Gasteiger partial charge on any atom is -0.421 e. The van der Waals surface area contributed by atoms with Crippen LogP contribution in [-0.4, -0.2) is 34.4 Å². The fraction of sp³-hybridized carbons (Fsp3) is 0.438. The van der Waals surface area contributed by atoms with Gasteiger partial charge in [-0.25, -0.2) is 0 Å². The first kappa shape index (κ1) is 16.2. The van der Waals surface area contributed by atoms with Gasteiger partial charge in [0.25, 0.3) is 0 Å². The SMILES string of the molecule is CC(CO)CNC(=O)CCCc1nnc(-c2ccccc2)o1. The van der Waals surface area contributed by atoms with Crippen LogP contribution in [-0.2, 0) is 11.2 Å². The fourth-order valence-corrected chi connectivity index (χ4v) is 1.89. The molecule has 6 nitrogen and oxygen atoms in total.